The van der Waals surface area contributed by atoms with E-state index in [4.69, 9.17) is 0 Å². The Morgan fingerprint density at radius 2 is 2.10 bits per heavy atom. The molecule has 0 fully saturated rings. The first-order valence-corrected chi connectivity index (χ1v) is 3.46. The minimum Gasteiger partial charge on any atom is -0.238 e. The molecule has 1 radical (unpaired) electrons. The van der Waals surface area contributed by atoms with Crippen LogP contribution in [0.5, 0.6) is 0 Å². The molecule has 0 saturated heterocycles. The van der Waals surface area contributed by atoms with Crippen molar-refractivity contribution in [2.24, 2.45) is 0 Å². The number of aryl methyl sites for hydroxylation is 3. The van der Waals surface area contributed by atoms with Crippen molar-refractivity contribution in [3.8, 4) is 0 Å². The molecule has 0 amide bonds. The topological polar surface area (TPSA) is 25.8 Å². The van der Waals surface area contributed by atoms with Crippen LogP contribution >= 0.6 is 0 Å². The molecule has 0 bridgehead atoms. The third-order valence-electron chi connectivity index (χ3n) is 1.47. The van der Waals surface area contributed by atoms with E-state index in [1.165, 1.54) is 0 Å². The lowest BCUT2D eigenvalue weighted by Crippen LogP contribution is -1.96. The highest BCUT2D eigenvalue weighted by Gasteiger charge is 1.96. The molecule has 0 aliphatic carbocycles. The molecule has 0 unspecified atom stereocenters. The first kappa shape index (κ1) is 7.19. The van der Waals surface area contributed by atoms with Gasteiger partial charge in [0.25, 0.3) is 0 Å². The van der Waals surface area contributed by atoms with Crippen LogP contribution in [0.4, 0.5) is 0 Å². The second-order valence-corrected chi connectivity index (χ2v) is 2.30. The maximum absolute atomic E-state index is 4.20. The fourth-order valence-corrected chi connectivity index (χ4v) is 0.899. The van der Waals surface area contributed by atoms with Gasteiger partial charge in [0.2, 0.25) is 0 Å². The normalized spacial score (nSPS) is 9.90. The molecule has 0 aliphatic rings. The van der Waals surface area contributed by atoms with Crippen molar-refractivity contribution in [3.05, 3.63) is 23.3 Å². The Bertz CT molecular complexity index is 231. The van der Waals surface area contributed by atoms with E-state index in [-0.39, 0.29) is 0 Å². The summed E-state index contributed by atoms with van der Waals surface area (Å²) in [4.78, 5) is 8.18. The predicted molar refractivity (Wildman–Crippen MR) is 39.7 cm³/mol. The van der Waals surface area contributed by atoms with E-state index in [1.807, 2.05) is 13.8 Å². The first-order chi connectivity index (χ1) is 4.74. The van der Waals surface area contributed by atoms with Crippen LogP contribution in [0.25, 0.3) is 0 Å². The fraction of sp³-hybridized carbons (Fsp3) is 0.500. The van der Waals surface area contributed by atoms with E-state index in [0.717, 1.165) is 23.5 Å². The van der Waals surface area contributed by atoms with Crippen molar-refractivity contribution >= 4 is 0 Å². The van der Waals surface area contributed by atoms with Gasteiger partial charge in [-0.05, 0) is 20.3 Å². The molecule has 2 heteroatoms. The Kier molecular flexibility index (Phi) is 2.00. The summed E-state index contributed by atoms with van der Waals surface area (Å²) in [5, 5.41) is 0. The lowest BCUT2D eigenvalue weighted by Gasteiger charge is -1.99. The quantitative estimate of drug-likeness (QED) is 0.582. The summed E-state index contributed by atoms with van der Waals surface area (Å²) in [5.74, 6) is 0.801. The van der Waals surface area contributed by atoms with Crippen molar-refractivity contribution in [2.45, 2.75) is 27.2 Å². The van der Waals surface area contributed by atoms with E-state index in [2.05, 4.69) is 23.1 Å². The number of hydrogen-bond acceptors (Lipinski definition) is 2. The summed E-state index contributed by atoms with van der Waals surface area (Å²) in [6.07, 6.45) is 3.91. The molecule has 1 aromatic rings. The molecule has 0 aliphatic heterocycles. The lowest BCUT2D eigenvalue weighted by atomic mass is 10.2. The van der Waals surface area contributed by atoms with Crippen LogP contribution in [0.1, 0.15) is 24.0 Å². The maximum Gasteiger partial charge on any atom is 0.126 e. The van der Waals surface area contributed by atoms with Crippen molar-refractivity contribution < 1.29 is 0 Å². The van der Waals surface area contributed by atoms with Gasteiger partial charge in [0.1, 0.15) is 5.82 Å². The Hall–Kier alpha value is -0.920. The fourth-order valence-electron chi connectivity index (χ4n) is 0.899. The summed E-state index contributed by atoms with van der Waals surface area (Å²) in [5.41, 5.74) is 2.17. The van der Waals surface area contributed by atoms with E-state index in [1.54, 1.807) is 0 Å². The Labute approximate surface area is 61.3 Å². The molecule has 0 saturated carbocycles. The Morgan fingerprint density at radius 1 is 1.40 bits per heavy atom. The monoisotopic (exact) mass is 135 g/mol. The van der Waals surface area contributed by atoms with Gasteiger partial charge < -0.3 is 0 Å². The van der Waals surface area contributed by atoms with Gasteiger partial charge in [0.15, 0.2) is 0 Å². The molecule has 0 spiro atoms. The number of rotatable bonds is 1. The highest BCUT2D eigenvalue weighted by molar-refractivity contribution is 5.13. The number of nitrogens with zero attached hydrogens (tertiary/aromatic N) is 2. The van der Waals surface area contributed by atoms with Crippen LogP contribution in [-0.2, 0) is 6.42 Å². The largest absolute Gasteiger partial charge is 0.238 e. The zero-order valence-corrected chi connectivity index (χ0v) is 6.60. The molecule has 0 atom stereocenters. The Morgan fingerprint density at radius 3 is 2.60 bits per heavy atom. The SMILES string of the molecule is CCc1[c]nc(C)nc1C. The van der Waals surface area contributed by atoms with Crippen molar-refractivity contribution in [1.82, 2.24) is 9.97 Å². The average molecular weight is 135 g/mol. The first-order valence-electron chi connectivity index (χ1n) is 3.46. The molecule has 0 N–H and O–H groups in total. The molecule has 53 valence electrons. The van der Waals surface area contributed by atoms with Crippen molar-refractivity contribution in [1.29, 1.82) is 0 Å². The standard InChI is InChI=1S/C8H11N2/c1-4-8-5-9-7(3)10-6(8)2/h4H2,1-3H3. The van der Waals surface area contributed by atoms with Gasteiger partial charge in [-0.25, -0.2) is 9.97 Å². The van der Waals surface area contributed by atoms with Crippen LogP contribution in [0.2, 0.25) is 0 Å². The van der Waals surface area contributed by atoms with Crippen molar-refractivity contribution in [2.75, 3.05) is 0 Å². The summed E-state index contributed by atoms with van der Waals surface area (Å²) >= 11 is 0. The number of hydrogen-bond donors (Lipinski definition) is 0. The van der Waals surface area contributed by atoms with Crippen LogP contribution in [0.15, 0.2) is 0 Å². The van der Waals surface area contributed by atoms with Gasteiger partial charge in [0.05, 0.1) is 6.20 Å². The maximum atomic E-state index is 4.20. The van der Waals surface area contributed by atoms with E-state index >= 15 is 0 Å². The molecular weight excluding hydrogens is 124 g/mol. The lowest BCUT2D eigenvalue weighted by molar-refractivity contribution is 0.941. The zero-order chi connectivity index (χ0) is 7.56. The molecule has 1 heterocycles. The molecule has 1 aromatic heterocycles. The molecule has 2 nitrogen and oxygen atoms in total. The van der Waals surface area contributed by atoms with Gasteiger partial charge in [-0.3, -0.25) is 0 Å². The van der Waals surface area contributed by atoms with E-state index in [0.29, 0.717) is 0 Å². The summed E-state index contributed by atoms with van der Waals surface area (Å²) in [7, 11) is 0. The minimum atomic E-state index is 0.801. The van der Waals surface area contributed by atoms with Crippen LogP contribution < -0.4 is 0 Å². The van der Waals surface area contributed by atoms with Crippen LogP contribution in [0.3, 0.4) is 0 Å². The van der Waals surface area contributed by atoms with Crippen molar-refractivity contribution in [3.63, 3.8) is 0 Å². The van der Waals surface area contributed by atoms with Crippen LogP contribution in [-0.4, -0.2) is 9.97 Å². The predicted octanol–water partition coefficient (Wildman–Crippen LogP) is 1.46. The number of aromatic nitrogens is 2. The highest BCUT2D eigenvalue weighted by Crippen LogP contribution is 2.02. The molecule has 10 heavy (non-hydrogen) atoms. The summed E-state index contributed by atoms with van der Waals surface area (Å²) in [6, 6.07) is 0. The third kappa shape index (κ3) is 1.32. The second kappa shape index (κ2) is 2.78. The van der Waals surface area contributed by atoms with Gasteiger partial charge in [-0.2, -0.15) is 0 Å². The van der Waals surface area contributed by atoms with Crippen LogP contribution in [0, 0.1) is 20.0 Å². The van der Waals surface area contributed by atoms with Gasteiger partial charge in [-0.15, -0.1) is 0 Å². The average Bonchev–Trinajstić information content (AvgIpc) is 1.88. The third-order valence-corrected chi connectivity index (χ3v) is 1.47. The smallest absolute Gasteiger partial charge is 0.126 e. The molecular formula is C8H11N2. The summed E-state index contributed by atoms with van der Waals surface area (Å²) in [6.45, 7) is 5.95. The zero-order valence-electron chi connectivity index (χ0n) is 6.60. The molecule has 1 rings (SSSR count). The minimum absolute atomic E-state index is 0.801. The highest BCUT2D eigenvalue weighted by atomic mass is 14.9. The second-order valence-electron chi connectivity index (χ2n) is 2.30. The van der Waals surface area contributed by atoms with Gasteiger partial charge in [0, 0.05) is 11.3 Å². The van der Waals surface area contributed by atoms with E-state index in [9.17, 15) is 0 Å². The molecule has 0 aromatic carbocycles. The van der Waals surface area contributed by atoms with E-state index < -0.39 is 0 Å². The van der Waals surface area contributed by atoms with Gasteiger partial charge >= 0.3 is 0 Å². The Balaban J connectivity index is 3.07. The van der Waals surface area contributed by atoms with Gasteiger partial charge in [-0.1, -0.05) is 6.92 Å². The summed E-state index contributed by atoms with van der Waals surface area (Å²) < 4.78 is 0.